The molecule has 5 nitrogen and oxygen atoms in total. The maximum absolute atomic E-state index is 4.41. The van der Waals surface area contributed by atoms with E-state index in [1.807, 2.05) is 13.1 Å². The Morgan fingerprint density at radius 3 is 2.17 bits per heavy atom. The predicted octanol–water partition coefficient (Wildman–Crippen LogP) is 3.87. The van der Waals surface area contributed by atoms with E-state index in [1.165, 1.54) is 29.8 Å². The molecular formula is C24H36IN5. The highest BCUT2D eigenvalue weighted by molar-refractivity contribution is 14.0. The molecule has 0 bridgehead atoms. The van der Waals surface area contributed by atoms with E-state index < -0.39 is 0 Å². The van der Waals surface area contributed by atoms with Gasteiger partial charge in [-0.1, -0.05) is 61.5 Å². The first-order valence-corrected chi connectivity index (χ1v) is 10.7. The van der Waals surface area contributed by atoms with E-state index in [2.05, 4.69) is 87.8 Å². The molecule has 1 fully saturated rings. The minimum atomic E-state index is 0. The predicted molar refractivity (Wildman–Crippen MR) is 137 cm³/mol. The number of piperazine rings is 1. The second-order valence-corrected chi connectivity index (χ2v) is 7.68. The molecule has 1 atom stereocenters. The number of benzene rings is 2. The topological polar surface area (TPSA) is 42.9 Å². The van der Waals surface area contributed by atoms with Crippen molar-refractivity contribution < 1.29 is 0 Å². The summed E-state index contributed by atoms with van der Waals surface area (Å²) in [7, 11) is 1.83. The van der Waals surface area contributed by atoms with E-state index in [9.17, 15) is 0 Å². The van der Waals surface area contributed by atoms with Crippen molar-refractivity contribution in [2.24, 2.45) is 4.99 Å². The van der Waals surface area contributed by atoms with Gasteiger partial charge < -0.3 is 15.5 Å². The van der Waals surface area contributed by atoms with Gasteiger partial charge in [0.05, 0.1) is 6.04 Å². The quantitative estimate of drug-likeness (QED) is 0.330. The van der Waals surface area contributed by atoms with Crippen LogP contribution >= 0.6 is 24.0 Å². The summed E-state index contributed by atoms with van der Waals surface area (Å²) < 4.78 is 0. The number of aliphatic imine (C=N–C) groups is 1. The molecule has 3 rings (SSSR count). The maximum Gasteiger partial charge on any atom is 0.191 e. The third-order valence-corrected chi connectivity index (χ3v) is 5.75. The van der Waals surface area contributed by atoms with Crippen molar-refractivity contribution in [3.63, 3.8) is 0 Å². The monoisotopic (exact) mass is 521 g/mol. The fraction of sp³-hybridized carbons (Fsp3) is 0.458. The minimum Gasteiger partial charge on any atom is -0.352 e. The van der Waals surface area contributed by atoms with Gasteiger partial charge in [-0.2, -0.15) is 0 Å². The molecular weight excluding hydrogens is 485 g/mol. The number of nitrogens with zero attached hydrogens (tertiary/aromatic N) is 3. The van der Waals surface area contributed by atoms with Gasteiger partial charge in [0.2, 0.25) is 0 Å². The normalized spacial score (nSPS) is 16.6. The van der Waals surface area contributed by atoms with Crippen LogP contribution in [0.25, 0.3) is 0 Å². The maximum atomic E-state index is 4.41. The van der Waals surface area contributed by atoms with E-state index in [0.29, 0.717) is 0 Å². The molecule has 6 heteroatoms. The van der Waals surface area contributed by atoms with E-state index in [-0.39, 0.29) is 30.0 Å². The lowest BCUT2D eigenvalue weighted by Crippen LogP contribution is -2.45. The van der Waals surface area contributed by atoms with Crippen LogP contribution in [0.5, 0.6) is 0 Å². The van der Waals surface area contributed by atoms with Gasteiger partial charge in [-0.25, -0.2) is 0 Å². The van der Waals surface area contributed by atoms with Crippen LogP contribution in [-0.2, 0) is 13.1 Å². The molecule has 30 heavy (non-hydrogen) atoms. The van der Waals surface area contributed by atoms with Crippen molar-refractivity contribution >= 4 is 29.9 Å². The lowest BCUT2D eigenvalue weighted by Gasteiger charge is -2.34. The first-order chi connectivity index (χ1) is 14.2. The molecule has 2 aromatic rings. The van der Waals surface area contributed by atoms with Gasteiger partial charge in [-0.3, -0.25) is 9.89 Å². The van der Waals surface area contributed by atoms with Crippen molar-refractivity contribution in [1.29, 1.82) is 0 Å². The van der Waals surface area contributed by atoms with Gasteiger partial charge >= 0.3 is 0 Å². The van der Waals surface area contributed by atoms with Crippen molar-refractivity contribution in [2.75, 3.05) is 39.8 Å². The summed E-state index contributed by atoms with van der Waals surface area (Å²) in [6, 6.07) is 19.4. The summed E-state index contributed by atoms with van der Waals surface area (Å²) in [6.07, 6.45) is 0. The molecule has 1 aliphatic heterocycles. The fourth-order valence-electron chi connectivity index (χ4n) is 3.79. The summed E-state index contributed by atoms with van der Waals surface area (Å²) in [5.41, 5.74) is 3.99. The molecule has 1 unspecified atom stereocenters. The van der Waals surface area contributed by atoms with Crippen LogP contribution in [0.2, 0.25) is 0 Å². The van der Waals surface area contributed by atoms with Gasteiger partial charge in [0.15, 0.2) is 5.96 Å². The van der Waals surface area contributed by atoms with Gasteiger partial charge in [-0.15, -0.1) is 24.0 Å². The Morgan fingerprint density at radius 1 is 0.933 bits per heavy atom. The molecule has 2 N–H and O–H groups in total. The van der Waals surface area contributed by atoms with Gasteiger partial charge in [0.25, 0.3) is 0 Å². The highest BCUT2D eigenvalue weighted by Gasteiger charge is 2.16. The molecule has 0 amide bonds. The van der Waals surface area contributed by atoms with Crippen LogP contribution in [-0.4, -0.2) is 55.5 Å². The van der Waals surface area contributed by atoms with Gasteiger partial charge in [0, 0.05) is 46.3 Å². The number of hydrogen-bond acceptors (Lipinski definition) is 3. The lowest BCUT2D eigenvalue weighted by molar-refractivity contribution is 0.131. The van der Waals surface area contributed by atoms with E-state index >= 15 is 0 Å². The fourth-order valence-corrected chi connectivity index (χ4v) is 3.79. The molecule has 0 aliphatic carbocycles. The zero-order chi connectivity index (χ0) is 20.5. The standard InChI is InChI=1S/C24H35N5.HI/c1-4-28-14-16-29(17-15-28)19-23-13-9-8-12-22(23)18-26-24(25-3)27-20(2)21-10-6-5-7-11-21;/h5-13,20H,4,14-19H2,1-3H3,(H2,25,26,27);1H. The van der Waals surface area contributed by atoms with E-state index in [0.717, 1.165) is 38.7 Å². The van der Waals surface area contributed by atoms with Crippen molar-refractivity contribution in [1.82, 2.24) is 20.4 Å². The Morgan fingerprint density at radius 2 is 1.53 bits per heavy atom. The Kier molecular flexibility index (Phi) is 10.6. The van der Waals surface area contributed by atoms with Crippen molar-refractivity contribution in [3.8, 4) is 0 Å². The molecule has 164 valence electrons. The first-order valence-electron chi connectivity index (χ1n) is 10.7. The Balaban J connectivity index is 0.00000320. The minimum absolute atomic E-state index is 0. The Labute approximate surface area is 199 Å². The molecule has 1 saturated heterocycles. The molecule has 1 aliphatic rings. The van der Waals surface area contributed by atoms with Gasteiger partial charge in [0.1, 0.15) is 0 Å². The summed E-state index contributed by atoms with van der Waals surface area (Å²) >= 11 is 0. The zero-order valence-corrected chi connectivity index (χ0v) is 20.8. The lowest BCUT2D eigenvalue weighted by atomic mass is 10.1. The van der Waals surface area contributed by atoms with E-state index in [4.69, 9.17) is 0 Å². The second-order valence-electron chi connectivity index (χ2n) is 7.68. The summed E-state index contributed by atoms with van der Waals surface area (Å²) in [6.45, 7) is 12.0. The molecule has 1 heterocycles. The Hall–Kier alpha value is -1.64. The summed E-state index contributed by atoms with van der Waals surface area (Å²) in [5, 5.41) is 6.98. The number of halogens is 1. The first kappa shape index (κ1) is 24.6. The summed E-state index contributed by atoms with van der Waals surface area (Å²) in [4.78, 5) is 9.50. The largest absolute Gasteiger partial charge is 0.352 e. The molecule has 0 spiro atoms. The smallest absolute Gasteiger partial charge is 0.191 e. The third kappa shape index (κ3) is 7.25. The number of nitrogens with one attached hydrogen (secondary N) is 2. The van der Waals surface area contributed by atoms with Crippen LogP contribution in [0.1, 0.15) is 36.6 Å². The van der Waals surface area contributed by atoms with Crippen molar-refractivity contribution in [3.05, 3.63) is 71.3 Å². The highest BCUT2D eigenvalue weighted by atomic mass is 127. The average Bonchev–Trinajstić information content (AvgIpc) is 2.78. The number of guanidine groups is 1. The number of likely N-dealkylation sites (N-methyl/N-ethyl adjacent to an activating group) is 1. The van der Waals surface area contributed by atoms with Crippen LogP contribution in [0, 0.1) is 0 Å². The van der Waals surface area contributed by atoms with Crippen LogP contribution in [0.15, 0.2) is 59.6 Å². The summed E-state index contributed by atoms with van der Waals surface area (Å²) in [5.74, 6) is 0.827. The Bertz CT molecular complexity index is 772. The average molecular weight is 521 g/mol. The van der Waals surface area contributed by atoms with Crippen LogP contribution in [0.3, 0.4) is 0 Å². The van der Waals surface area contributed by atoms with E-state index in [1.54, 1.807) is 0 Å². The van der Waals surface area contributed by atoms with Crippen LogP contribution < -0.4 is 10.6 Å². The molecule has 2 aromatic carbocycles. The molecule has 0 radical (unpaired) electrons. The van der Waals surface area contributed by atoms with Crippen LogP contribution in [0.4, 0.5) is 0 Å². The molecule has 0 saturated carbocycles. The third-order valence-electron chi connectivity index (χ3n) is 5.75. The SMILES string of the molecule is CCN1CCN(Cc2ccccc2CNC(=NC)NC(C)c2ccccc2)CC1.I. The van der Waals surface area contributed by atoms with Crippen molar-refractivity contribution in [2.45, 2.75) is 33.0 Å². The zero-order valence-electron chi connectivity index (χ0n) is 18.5. The highest BCUT2D eigenvalue weighted by Crippen LogP contribution is 2.14. The second kappa shape index (κ2) is 12.9. The number of rotatable bonds is 7. The van der Waals surface area contributed by atoms with Gasteiger partial charge in [-0.05, 0) is 30.2 Å². The molecule has 0 aromatic heterocycles. The number of hydrogen-bond donors (Lipinski definition) is 2.